The molecule has 5 nitrogen and oxygen atoms in total. The lowest BCUT2D eigenvalue weighted by molar-refractivity contribution is 0.287. The third kappa shape index (κ3) is 4.37. The molecular formula is C20H26N2O3S. The van der Waals surface area contributed by atoms with E-state index in [9.17, 15) is 8.42 Å². The Kier molecular flexibility index (Phi) is 5.53. The average Bonchev–Trinajstić information content (AvgIpc) is 3.37. The van der Waals surface area contributed by atoms with Gasteiger partial charge in [-0.3, -0.25) is 9.21 Å². The minimum Gasteiger partial charge on any atom is -0.492 e. The first-order valence-corrected chi connectivity index (χ1v) is 10.3. The Balaban J connectivity index is 1.59. The average molecular weight is 375 g/mol. The van der Waals surface area contributed by atoms with Crippen molar-refractivity contribution in [2.24, 2.45) is 5.92 Å². The fraction of sp³-hybridized carbons (Fsp3) is 0.400. The highest BCUT2D eigenvalue weighted by Gasteiger charge is 2.34. The standard InChI is InChI=1S/C20H26N2O3S/c1-16(2)13-22-14-18(22)15-25-19-11-9-17(10-12-19)21(3)26(23,24)20-7-5-4-6-8-20/h4-12,16,18H,13-15H2,1-3H3. The molecule has 0 amide bonds. The topological polar surface area (TPSA) is 49.6 Å². The van der Waals surface area contributed by atoms with E-state index in [0.29, 0.717) is 24.3 Å². The molecule has 0 aliphatic carbocycles. The van der Waals surface area contributed by atoms with E-state index in [1.807, 2.05) is 12.1 Å². The van der Waals surface area contributed by atoms with Crippen molar-refractivity contribution in [1.29, 1.82) is 0 Å². The van der Waals surface area contributed by atoms with Gasteiger partial charge in [-0.05, 0) is 42.3 Å². The molecule has 26 heavy (non-hydrogen) atoms. The number of sulfonamides is 1. The van der Waals surface area contributed by atoms with Gasteiger partial charge in [-0.25, -0.2) is 8.42 Å². The van der Waals surface area contributed by atoms with Gasteiger partial charge in [0.05, 0.1) is 16.6 Å². The summed E-state index contributed by atoms with van der Waals surface area (Å²) in [6.07, 6.45) is 0. The van der Waals surface area contributed by atoms with Crippen LogP contribution in [0.1, 0.15) is 13.8 Å². The van der Waals surface area contributed by atoms with Crippen molar-refractivity contribution in [1.82, 2.24) is 4.90 Å². The first kappa shape index (κ1) is 18.7. The van der Waals surface area contributed by atoms with E-state index < -0.39 is 10.0 Å². The predicted octanol–water partition coefficient (Wildman–Crippen LogP) is 3.23. The predicted molar refractivity (Wildman–Crippen MR) is 104 cm³/mol. The maximum Gasteiger partial charge on any atom is 0.264 e. The Morgan fingerprint density at radius 3 is 2.38 bits per heavy atom. The molecular weight excluding hydrogens is 348 g/mol. The van der Waals surface area contributed by atoms with Gasteiger partial charge in [-0.1, -0.05) is 32.0 Å². The Morgan fingerprint density at radius 1 is 1.12 bits per heavy atom. The van der Waals surface area contributed by atoms with Gasteiger partial charge >= 0.3 is 0 Å². The molecule has 0 radical (unpaired) electrons. The third-order valence-electron chi connectivity index (χ3n) is 4.47. The zero-order valence-corrected chi connectivity index (χ0v) is 16.3. The lowest BCUT2D eigenvalue weighted by Crippen LogP contribution is -2.26. The summed E-state index contributed by atoms with van der Waals surface area (Å²) in [5.41, 5.74) is 0.606. The summed E-state index contributed by atoms with van der Waals surface area (Å²) in [5, 5.41) is 0. The van der Waals surface area contributed by atoms with Crippen molar-refractivity contribution < 1.29 is 13.2 Å². The van der Waals surface area contributed by atoms with Gasteiger partial charge in [-0.2, -0.15) is 0 Å². The summed E-state index contributed by atoms with van der Waals surface area (Å²) in [6.45, 7) is 7.30. The molecule has 2 aromatic carbocycles. The fourth-order valence-corrected chi connectivity index (χ4v) is 4.12. The van der Waals surface area contributed by atoms with E-state index in [0.717, 1.165) is 18.8 Å². The summed E-state index contributed by atoms with van der Waals surface area (Å²) in [5.74, 6) is 1.43. The van der Waals surface area contributed by atoms with Gasteiger partial charge in [-0.15, -0.1) is 0 Å². The Bertz CT molecular complexity index is 820. The van der Waals surface area contributed by atoms with E-state index >= 15 is 0 Å². The normalized spacial score (nSPS) is 19.4. The number of ether oxygens (including phenoxy) is 1. The van der Waals surface area contributed by atoms with Crippen molar-refractivity contribution in [3.63, 3.8) is 0 Å². The molecule has 1 fully saturated rings. The van der Waals surface area contributed by atoms with Crippen LogP contribution in [0.25, 0.3) is 0 Å². The molecule has 0 N–H and O–H groups in total. The second-order valence-electron chi connectivity index (χ2n) is 7.09. The molecule has 0 bridgehead atoms. The fourth-order valence-electron chi connectivity index (χ4n) is 2.91. The van der Waals surface area contributed by atoms with Crippen molar-refractivity contribution in [3.05, 3.63) is 54.6 Å². The van der Waals surface area contributed by atoms with Crippen LogP contribution >= 0.6 is 0 Å². The summed E-state index contributed by atoms with van der Waals surface area (Å²) >= 11 is 0. The van der Waals surface area contributed by atoms with E-state index in [2.05, 4.69) is 18.7 Å². The number of anilines is 1. The smallest absolute Gasteiger partial charge is 0.264 e. The van der Waals surface area contributed by atoms with Gasteiger partial charge in [0.15, 0.2) is 0 Å². The van der Waals surface area contributed by atoms with Crippen LogP contribution in [0.5, 0.6) is 5.75 Å². The van der Waals surface area contributed by atoms with Gasteiger partial charge in [0.1, 0.15) is 12.4 Å². The highest BCUT2D eigenvalue weighted by atomic mass is 32.2. The summed E-state index contributed by atoms with van der Waals surface area (Å²) in [7, 11) is -1.99. The highest BCUT2D eigenvalue weighted by molar-refractivity contribution is 7.92. The van der Waals surface area contributed by atoms with E-state index in [-0.39, 0.29) is 4.90 Å². The second-order valence-corrected chi connectivity index (χ2v) is 9.06. The molecule has 0 saturated carbocycles. The molecule has 2 unspecified atom stereocenters. The maximum atomic E-state index is 12.7. The van der Waals surface area contributed by atoms with Gasteiger partial charge < -0.3 is 4.74 Å². The third-order valence-corrected chi connectivity index (χ3v) is 6.27. The van der Waals surface area contributed by atoms with Crippen LogP contribution < -0.4 is 9.04 Å². The van der Waals surface area contributed by atoms with Crippen LogP contribution in [0.3, 0.4) is 0 Å². The maximum absolute atomic E-state index is 12.7. The summed E-state index contributed by atoms with van der Waals surface area (Å²) in [4.78, 5) is 2.68. The SMILES string of the molecule is CC(C)CN1CC1COc1ccc(N(C)S(=O)(=O)c2ccccc2)cc1. The van der Waals surface area contributed by atoms with Crippen molar-refractivity contribution in [2.45, 2.75) is 24.8 Å². The zero-order valence-electron chi connectivity index (χ0n) is 15.5. The summed E-state index contributed by atoms with van der Waals surface area (Å²) < 4.78 is 32.4. The number of nitrogens with zero attached hydrogens (tertiary/aromatic N) is 2. The van der Waals surface area contributed by atoms with Crippen molar-refractivity contribution in [2.75, 3.05) is 31.0 Å². The van der Waals surface area contributed by atoms with Crippen LogP contribution in [-0.4, -0.2) is 46.1 Å². The van der Waals surface area contributed by atoms with Crippen LogP contribution in [0.2, 0.25) is 0 Å². The first-order valence-electron chi connectivity index (χ1n) is 8.89. The molecule has 1 aliphatic heterocycles. The van der Waals surface area contributed by atoms with Crippen molar-refractivity contribution >= 4 is 15.7 Å². The van der Waals surface area contributed by atoms with Crippen LogP contribution in [0.15, 0.2) is 59.5 Å². The zero-order chi connectivity index (χ0) is 18.7. The molecule has 1 aliphatic rings. The second kappa shape index (κ2) is 7.68. The largest absolute Gasteiger partial charge is 0.492 e. The van der Waals surface area contributed by atoms with E-state index in [1.54, 1.807) is 49.5 Å². The van der Waals surface area contributed by atoms with Crippen LogP contribution in [0, 0.1) is 5.92 Å². The van der Waals surface area contributed by atoms with Crippen LogP contribution in [0.4, 0.5) is 5.69 Å². The Labute approximate surface area is 156 Å². The Hall–Kier alpha value is -2.05. The molecule has 3 rings (SSSR count). The molecule has 0 aromatic heterocycles. The quantitative estimate of drug-likeness (QED) is 0.666. The Morgan fingerprint density at radius 2 is 1.77 bits per heavy atom. The van der Waals surface area contributed by atoms with Gasteiger partial charge in [0.25, 0.3) is 10.0 Å². The van der Waals surface area contributed by atoms with Crippen molar-refractivity contribution in [3.8, 4) is 5.75 Å². The van der Waals surface area contributed by atoms with E-state index in [1.165, 1.54) is 4.31 Å². The number of benzene rings is 2. The van der Waals surface area contributed by atoms with Gasteiger partial charge in [0.2, 0.25) is 0 Å². The molecule has 0 spiro atoms. The van der Waals surface area contributed by atoms with E-state index in [4.69, 9.17) is 4.74 Å². The number of rotatable bonds is 8. The molecule has 2 aromatic rings. The minimum absolute atomic E-state index is 0.279. The highest BCUT2D eigenvalue weighted by Crippen LogP contribution is 2.25. The number of hydrogen-bond acceptors (Lipinski definition) is 4. The monoisotopic (exact) mass is 374 g/mol. The number of hydrogen-bond donors (Lipinski definition) is 0. The molecule has 1 saturated heterocycles. The molecule has 140 valence electrons. The lowest BCUT2D eigenvalue weighted by atomic mass is 10.2. The lowest BCUT2D eigenvalue weighted by Gasteiger charge is -2.19. The molecule has 1 heterocycles. The molecule has 2 atom stereocenters. The van der Waals surface area contributed by atoms with Crippen LogP contribution in [-0.2, 0) is 10.0 Å². The first-order chi connectivity index (χ1) is 12.4. The minimum atomic E-state index is -3.55. The summed E-state index contributed by atoms with van der Waals surface area (Å²) in [6, 6.07) is 16.1. The van der Waals surface area contributed by atoms with Gasteiger partial charge in [0, 0.05) is 20.1 Å². The molecule has 6 heteroatoms.